The fourth-order valence-electron chi connectivity index (χ4n) is 4.17. The van der Waals surface area contributed by atoms with E-state index in [-0.39, 0.29) is 26.5 Å². The Morgan fingerprint density at radius 1 is 0.975 bits per heavy atom. The number of benzene rings is 2. The monoisotopic (exact) mass is 602 g/mol. The molecule has 5 rings (SSSR count). The molecule has 0 aliphatic carbocycles. The van der Waals surface area contributed by atoms with Gasteiger partial charge in [0.1, 0.15) is 11.5 Å². The first-order valence-corrected chi connectivity index (χ1v) is 14.3. The molecule has 206 valence electrons. The molecule has 0 fully saturated rings. The number of sulfone groups is 1. The van der Waals surface area contributed by atoms with Gasteiger partial charge in [-0.05, 0) is 18.1 Å². The molecule has 0 spiro atoms. The summed E-state index contributed by atoms with van der Waals surface area (Å²) in [5, 5.41) is 16.1. The predicted molar refractivity (Wildman–Crippen MR) is 148 cm³/mol. The minimum atomic E-state index is -3.71. The summed E-state index contributed by atoms with van der Waals surface area (Å²) in [6.07, 6.45) is 3.24. The fourth-order valence-corrected chi connectivity index (χ4v) is 5.37. The second-order valence-corrected chi connectivity index (χ2v) is 11.4. The molecule has 0 amide bonds. The van der Waals surface area contributed by atoms with E-state index in [1.165, 1.54) is 37.1 Å². The van der Waals surface area contributed by atoms with Gasteiger partial charge in [0, 0.05) is 53.6 Å². The lowest BCUT2D eigenvalue weighted by atomic mass is 10.0. The van der Waals surface area contributed by atoms with Gasteiger partial charge in [0.05, 0.1) is 29.2 Å². The van der Waals surface area contributed by atoms with Crippen LogP contribution >= 0.6 is 23.2 Å². The van der Waals surface area contributed by atoms with Crippen molar-refractivity contribution < 1.29 is 22.8 Å². The van der Waals surface area contributed by atoms with Crippen molar-refractivity contribution in [2.75, 3.05) is 20.5 Å². The van der Waals surface area contributed by atoms with E-state index in [1.54, 1.807) is 24.3 Å². The molecule has 0 N–H and O–H groups in total. The van der Waals surface area contributed by atoms with Gasteiger partial charge >= 0.3 is 0 Å². The number of aromatic nitrogens is 5. The molecule has 0 saturated heterocycles. The Kier molecular flexibility index (Phi) is 7.21. The van der Waals surface area contributed by atoms with Crippen LogP contribution in [0.1, 0.15) is 11.4 Å². The van der Waals surface area contributed by atoms with Crippen LogP contribution in [0.5, 0.6) is 11.5 Å². The SMILES string of the molecule is COc1cc(OC)c(Cl)c(-c2cc3cnc(S(C)(=O)=O)nc3n3nc(CCc4ccc([N+](=O)[O-])cc4)nc23)c1Cl. The summed E-state index contributed by atoms with van der Waals surface area (Å²) in [6.45, 7) is 0. The maximum absolute atomic E-state index is 12.2. The molecule has 0 atom stereocenters. The highest BCUT2D eigenvalue weighted by molar-refractivity contribution is 7.90. The standard InChI is InChI=1S/C25H20Cl2N6O6S/c1-38-17-11-18(39-2)22(27)20(21(17)26)16-10-14-12-28-25(40(3,36)37)30-23(14)32-24(16)29-19(31-32)9-6-13-4-7-15(8-5-13)33(34)35/h4-5,7-8,10-12H,6,9H2,1-3H3. The second kappa shape index (κ2) is 10.5. The van der Waals surface area contributed by atoms with Crippen LogP contribution in [0.3, 0.4) is 0 Å². The van der Waals surface area contributed by atoms with E-state index in [4.69, 9.17) is 37.7 Å². The van der Waals surface area contributed by atoms with Gasteiger partial charge in [-0.25, -0.2) is 18.4 Å². The van der Waals surface area contributed by atoms with Crippen molar-refractivity contribution in [1.82, 2.24) is 24.6 Å². The summed E-state index contributed by atoms with van der Waals surface area (Å²) in [6, 6.07) is 9.46. The van der Waals surface area contributed by atoms with Crippen LogP contribution in [-0.4, -0.2) is 58.4 Å². The molecule has 0 unspecified atom stereocenters. The zero-order valence-electron chi connectivity index (χ0n) is 21.3. The van der Waals surface area contributed by atoms with Crippen LogP contribution in [0.15, 0.2) is 47.8 Å². The van der Waals surface area contributed by atoms with Crippen molar-refractivity contribution in [3.8, 4) is 22.6 Å². The quantitative estimate of drug-likeness (QED) is 0.138. The molecule has 3 heterocycles. The number of fused-ring (bicyclic) bond motifs is 3. The van der Waals surface area contributed by atoms with Gasteiger partial charge < -0.3 is 9.47 Å². The van der Waals surface area contributed by atoms with E-state index in [1.807, 2.05) is 0 Å². The summed E-state index contributed by atoms with van der Waals surface area (Å²) < 4.78 is 36.6. The van der Waals surface area contributed by atoms with Crippen LogP contribution < -0.4 is 9.47 Å². The maximum Gasteiger partial charge on any atom is 0.269 e. The van der Waals surface area contributed by atoms with E-state index in [9.17, 15) is 18.5 Å². The number of pyridine rings is 1. The Morgan fingerprint density at radius 3 is 2.20 bits per heavy atom. The van der Waals surface area contributed by atoms with E-state index in [0.717, 1.165) is 11.8 Å². The summed E-state index contributed by atoms with van der Waals surface area (Å²) in [4.78, 5) is 23.5. The highest BCUT2D eigenvalue weighted by Crippen LogP contribution is 2.47. The number of nitro benzene ring substituents is 1. The van der Waals surface area contributed by atoms with Gasteiger partial charge in [-0.2, -0.15) is 9.50 Å². The Morgan fingerprint density at radius 2 is 1.62 bits per heavy atom. The van der Waals surface area contributed by atoms with Gasteiger partial charge in [-0.1, -0.05) is 35.3 Å². The second-order valence-electron chi connectivity index (χ2n) is 8.73. The lowest BCUT2D eigenvalue weighted by Gasteiger charge is -2.15. The molecular formula is C25H20Cl2N6O6S. The predicted octanol–water partition coefficient (Wildman–Crippen LogP) is 4.76. The number of hydrogen-bond acceptors (Lipinski definition) is 10. The number of ether oxygens (including phenoxy) is 2. The third-order valence-corrected chi connectivity index (χ3v) is 7.74. The number of aryl methyl sites for hydroxylation is 2. The fraction of sp³-hybridized carbons (Fsp3) is 0.200. The Hall–Kier alpha value is -4.07. The smallest absolute Gasteiger partial charge is 0.269 e. The number of halogens is 2. The zero-order valence-corrected chi connectivity index (χ0v) is 23.6. The van der Waals surface area contributed by atoms with Crippen LogP contribution in [0.4, 0.5) is 5.69 Å². The highest BCUT2D eigenvalue weighted by Gasteiger charge is 2.24. The molecule has 2 aromatic carbocycles. The van der Waals surface area contributed by atoms with Gasteiger partial charge in [-0.15, -0.1) is 5.10 Å². The van der Waals surface area contributed by atoms with Crippen LogP contribution in [0, 0.1) is 10.1 Å². The van der Waals surface area contributed by atoms with Crippen LogP contribution in [0.2, 0.25) is 10.0 Å². The Bertz CT molecular complexity index is 1880. The molecule has 0 bridgehead atoms. The number of nitrogens with zero attached hydrogens (tertiary/aromatic N) is 6. The van der Waals surface area contributed by atoms with Crippen LogP contribution in [0.25, 0.3) is 27.8 Å². The van der Waals surface area contributed by atoms with E-state index in [0.29, 0.717) is 52.3 Å². The molecule has 0 aliphatic rings. The van der Waals surface area contributed by atoms with Crippen molar-refractivity contribution in [2.24, 2.45) is 0 Å². The normalized spacial score (nSPS) is 11.7. The van der Waals surface area contributed by atoms with Crippen molar-refractivity contribution in [1.29, 1.82) is 0 Å². The first-order chi connectivity index (χ1) is 19.0. The molecule has 0 radical (unpaired) electrons. The first kappa shape index (κ1) is 27.5. The average molecular weight is 603 g/mol. The zero-order chi connectivity index (χ0) is 28.8. The summed E-state index contributed by atoms with van der Waals surface area (Å²) in [5.41, 5.74) is 2.20. The molecule has 0 aliphatic heterocycles. The first-order valence-electron chi connectivity index (χ1n) is 11.6. The topological polar surface area (TPSA) is 152 Å². The minimum Gasteiger partial charge on any atom is -0.495 e. The molecule has 3 aromatic heterocycles. The Labute approximate surface area is 237 Å². The molecular weight excluding hydrogens is 583 g/mol. The minimum absolute atomic E-state index is 0.00504. The van der Waals surface area contributed by atoms with Gasteiger partial charge in [0.15, 0.2) is 17.1 Å². The Balaban J connectivity index is 1.71. The van der Waals surface area contributed by atoms with Gasteiger partial charge in [0.25, 0.3) is 5.69 Å². The van der Waals surface area contributed by atoms with E-state index < -0.39 is 14.8 Å². The summed E-state index contributed by atoms with van der Waals surface area (Å²) in [5.74, 6) is 1.05. The third-order valence-electron chi connectivity index (χ3n) is 6.13. The number of hydrogen-bond donors (Lipinski definition) is 0. The van der Waals surface area contributed by atoms with Crippen LogP contribution in [-0.2, 0) is 22.7 Å². The molecule has 5 aromatic rings. The molecule has 0 saturated carbocycles. The number of rotatable bonds is 8. The molecule has 40 heavy (non-hydrogen) atoms. The number of non-ortho nitro benzene ring substituents is 1. The molecule has 12 nitrogen and oxygen atoms in total. The maximum atomic E-state index is 12.2. The van der Waals surface area contributed by atoms with Crippen molar-refractivity contribution >= 4 is 55.4 Å². The summed E-state index contributed by atoms with van der Waals surface area (Å²) >= 11 is 13.4. The molecule has 15 heteroatoms. The van der Waals surface area contributed by atoms with E-state index in [2.05, 4.69) is 15.1 Å². The largest absolute Gasteiger partial charge is 0.495 e. The average Bonchev–Trinajstić information content (AvgIpc) is 3.36. The summed E-state index contributed by atoms with van der Waals surface area (Å²) in [7, 11) is -0.792. The number of nitro groups is 1. The van der Waals surface area contributed by atoms with E-state index >= 15 is 0 Å². The van der Waals surface area contributed by atoms with Crippen molar-refractivity contribution in [2.45, 2.75) is 18.0 Å². The highest BCUT2D eigenvalue weighted by atomic mass is 35.5. The van der Waals surface area contributed by atoms with Crippen molar-refractivity contribution in [3.05, 3.63) is 74.1 Å². The van der Waals surface area contributed by atoms with Crippen molar-refractivity contribution in [3.63, 3.8) is 0 Å². The van der Waals surface area contributed by atoms with Gasteiger partial charge in [0.2, 0.25) is 15.0 Å². The lowest BCUT2D eigenvalue weighted by Crippen LogP contribution is -2.06. The van der Waals surface area contributed by atoms with Gasteiger partial charge in [-0.3, -0.25) is 10.1 Å². The third kappa shape index (κ3) is 4.98. The lowest BCUT2D eigenvalue weighted by molar-refractivity contribution is -0.384. The number of methoxy groups -OCH3 is 2.